The van der Waals surface area contributed by atoms with Crippen molar-refractivity contribution in [1.29, 1.82) is 0 Å². The van der Waals surface area contributed by atoms with Crippen LogP contribution >= 0.6 is 11.8 Å². The molecule has 0 spiro atoms. The number of thioether (sulfide) groups is 1. The van der Waals surface area contributed by atoms with Gasteiger partial charge in [0, 0.05) is 30.1 Å². The fourth-order valence-electron chi connectivity index (χ4n) is 2.00. The summed E-state index contributed by atoms with van der Waals surface area (Å²) >= 11 is 1.49. The van der Waals surface area contributed by atoms with Crippen molar-refractivity contribution in [3.8, 4) is 0 Å². The highest BCUT2D eigenvalue weighted by molar-refractivity contribution is 8.01. The molecule has 0 radical (unpaired) electrons. The van der Waals surface area contributed by atoms with E-state index in [1.54, 1.807) is 6.92 Å². The van der Waals surface area contributed by atoms with Crippen molar-refractivity contribution in [2.75, 3.05) is 35.8 Å². The Labute approximate surface area is 130 Å². The zero-order valence-electron chi connectivity index (χ0n) is 12.2. The first-order chi connectivity index (χ1) is 9.58. The van der Waals surface area contributed by atoms with Crippen molar-refractivity contribution in [3.05, 3.63) is 0 Å². The average molecular weight is 359 g/mol. The highest BCUT2D eigenvalue weighted by Crippen LogP contribution is 2.22. The second kappa shape index (κ2) is 7.30. The van der Waals surface area contributed by atoms with E-state index in [1.807, 2.05) is 0 Å². The van der Waals surface area contributed by atoms with Crippen LogP contribution in [-0.4, -0.2) is 74.9 Å². The first-order valence-electron chi connectivity index (χ1n) is 6.61. The summed E-state index contributed by atoms with van der Waals surface area (Å²) in [6.45, 7) is 1.86. The van der Waals surface area contributed by atoms with Crippen LogP contribution in [0.4, 0.5) is 0 Å². The molecule has 124 valence electrons. The maximum absolute atomic E-state index is 12.3. The highest BCUT2D eigenvalue weighted by atomic mass is 32.2. The van der Waals surface area contributed by atoms with Gasteiger partial charge in [-0.2, -0.15) is 11.8 Å². The highest BCUT2D eigenvalue weighted by Gasteiger charge is 2.37. The number of hydrogen-bond acceptors (Lipinski definition) is 7. The summed E-state index contributed by atoms with van der Waals surface area (Å²) in [6, 6.07) is -0.989. The summed E-state index contributed by atoms with van der Waals surface area (Å²) in [6.07, 6.45) is 1.08. The zero-order chi connectivity index (χ0) is 16.3. The Morgan fingerprint density at radius 1 is 1.38 bits per heavy atom. The van der Waals surface area contributed by atoms with Gasteiger partial charge in [0.15, 0.2) is 9.84 Å². The van der Waals surface area contributed by atoms with Gasteiger partial charge in [-0.3, -0.25) is 4.79 Å². The second-order valence-electron chi connectivity index (χ2n) is 5.04. The molecule has 1 rings (SSSR count). The van der Waals surface area contributed by atoms with Crippen LogP contribution in [0.5, 0.6) is 0 Å². The molecule has 0 aromatic heterocycles. The Morgan fingerprint density at radius 3 is 2.52 bits per heavy atom. The lowest BCUT2D eigenvalue weighted by Crippen LogP contribution is -2.55. The predicted molar refractivity (Wildman–Crippen MR) is 84.6 cm³/mol. The lowest BCUT2D eigenvalue weighted by molar-refractivity contribution is -0.133. The molecule has 0 bridgehead atoms. The number of nitrogens with two attached hydrogens (primary N) is 1. The average Bonchev–Trinajstić information content (AvgIpc) is 2.43. The van der Waals surface area contributed by atoms with E-state index in [4.69, 9.17) is 5.73 Å². The summed E-state index contributed by atoms with van der Waals surface area (Å²) < 4.78 is 46.4. The Hall–Kier alpha value is -0.320. The molecule has 1 saturated heterocycles. The van der Waals surface area contributed by atoms with Crippen LogP contribution in [0.25, 0.3) is 0 Å². The van der Waals surface area contributed by atoms with Crippen molar-refractivity contribution in [2.24, 2.45) is 5.73 Å². The Bertz CT molecular complexity index is 573. The fourth-order valence-corrected chi connectivity index (χ4v) is 5.66. The number of hydrogen-bond donors (Lipinski definition) is 1. The number of rotatable bonds is 6. The van der Waals surface area contributed by atoms with Gasteiger partial charge in [0.1, 0.15) is 15.2 Å². The summed E-state index contributed by atoms with van der Waals surface area (Å²) in [7, 11) is -6.58. The monoisotopic (exact) mass is 358 g/mol. The van der Waals surface area contributed by atoms with E-state index in [2.05, 4.69) is 0 Å². The van der Waals surface area contributed by atoms with Crippen LogP contribution in [0.1, 0.15) is 13.3 Å². The maximum Gasteiger partial charge on any atom is 0.240 e. The van der Waals surface area contributed by atoms with Crippen molar-refractivity contribution in [1.82, 2.24) is 4.90 Å². The molecular weight excluding hydrogens is 336 g/mol. The molecule has 1 amide bonds. The minimum Gasteiger partial charge on any atom is -0.323 e. The van der Waals surface area contributed by atoms with E-state index < -0.39 is 37.0 Å². The molecule has 1 aliphatic heterocycles. The molecule has 2 N–H and O–H groups in total. The van der Waals surface area contributed by atoms with Crippen LogP contribution in [0, 0.1) is 0 Å². The molecule has 10 heteroatoms. The molecule has 1 heterocycles. The van der Waals surface area contributed by atoms with Crippen LogP contribution in [0.15, 0.2) is 0 Å². The number of nitrogens with zero attached hydrogens (tertiary/aromatic N) is 1. The smallest absolute Gasteiger partial charge is 0.240 e. The van der Waals surface area contributed by atoms with E-state index in [0.717, 1.165) is 6.26 Å². The third-order valence-electron chi connectivity index (χ3n) is 3.30. The minimum atomic E-state index is -3.38. The van der Waals surface area contributed by atoms with Crippen molar-refractivity contribution in [3.63, 3.8) is 0 Å². The first-order valence-corrected chi connectivity index (χ1v) is 11.5. The molecule has 1 fully saturated rings. The van der Waals surface area contributed by atoms with Gasteiger partial charge in [-0.25, -0.2) is 16.8 Å². The Balaban J connectivity index is 2.82. The van der Waals surface area contributed by atoms with E-state index in [1.165, 1.54) is 16.7 Å². The Kier molecular flexibility index (Phi) is 6.51. The largest absolute Gasteiger partial charge is 0.323 e. The van der Waals surface area contributed by atoms with Crippen molar-refractivity contribution >= 4 is 37.3 Å². The normalized spacial score (nSPS) is 22.0. The summed E-state index contributed by atoms with van der Waals surface area (Å²) in [5, 5.41) is -0.863. The predicted octanol–water partition coefficient (Wildman–Crippen LogP) is -0.915. The molecule has 7 nitrogen and oxygen atoms in total. The van der Waals surface area contributed by atoms with E-state index in [0.29, 0.717) is 18.1 Å². The Morgan fingerprint density at radius 2 is 2.00 bits per heavy atom. The summed E-state index contributed by atoms with van der Waals surface area (Å²) in [4.78, 5) is 13.6. The van der Waals surface area contributed by atoms with Crippen LogP contribution in [-0.2, 0) is 24.5 Å². The van der Waals surface area contributed by atoms with Gasteiger partial charge in [0.25, 0.3) is 0 Å². The molecule has 21 heavy (non-hydrogen) atoms. The van der Waals surface area contributed by atoms with E-state index in [-0.39, 0.29) is 17.9 Å². The number of carbonyl (C=O) groups excluding carboxylic acids is 1. The minimum absolute atomic E-state index is 0.000201. The van der Waals surface area contributed by atoms with E-state index >= 15 is 0 Å². The molecule has 1 aliphatic rings. The lowest BCUT2D eigenvalue weighted by atomic mass is 10.2. The van der Waals surface area contributed by atoms with Crippen molar-refractivity contribution < 1.29 is 21.6 Å². The van der Waals surface area contributed by atoms with Gasteiger partial charge < -0.3 is 10.6 Å². The molecule has 0 saturated carbocycles. The summed E-state index contributed by atoms with van der Waals surface area (Å²) in [5.41, 5.74) is 5.74. The standard InChI is InChI=1S/C11H22N2O5S3/c1-3-21(17,18)10-8-19-6-5-13(10)11(14)9(12)4-7-20(2,15)16/h9-10H,3-8,12H2,1-2H3. The van der Waals surface area contributed by atoms with Gasteiger partial charge >= 0.3 is 0 Å². The molecule has 2 unspecified atom stereocenters. The molecular formula is C11H22N2O5S3. The zero-order valence-corrected chi connectivity index (χ0v) is 14.6. The third-order valence-corrected chi connectivity index (χ3v) is 7.57. The fraction of sp³-hybridized carbons (Fsp3) is 0.909. The maximum atomic E-state index is 12.3. The first kappa shape index (κ1) is 18.7. The second-order valence-corrected chi connectivity index (χ2v) is 10.9. The molecule has 0 aromatic carbocycles. The van der Waals surface area contributed by atoms with Gasteiger partial charge in [-0.1, -0.05) is 6.92 Å². The molecule has 0 aliphatic carbocycles. The summed E-state index contributed by atoms with van der Waals surface area (Å²) in [5.74, 6) is 0.274. The van der Waals surface area contributed by atoms with Crippen LogP contribution < -0.4 is 5.73 Å². The van der Waals surface area contributed by atoms with Gasteiger partial charge in [0.05, 0.1) is 11.8 Å². The lowest BCUT2D eigenvalue weighted by Gasteiger charge is -2.36. The molecule has 2 atom stereocenters. The molecule has 0 aromatic rings. The van der Waals surface area contributed by atoms with Crippen molar-refractivity contribution in [2.45, 2.75) is 24.8 Å². The topological polar surface area (TPSA) is 115 Å². The number of carbonyl (C=O) groups is 1. The quantitative estimate of drug-likeness (QED) is 0.653. The number of amides is 1. The third kappa shape index (κ3) is 5.42. The van der Waals surface area contributed by atoms with Gasteiger partial charge in [-0.05, 0) is 6.42 Å². The van der Waals surface area contributed by atoms with Crippen LogP contribution in [0.2, 0.25) is 0 Å². The van der Waals surface area contributed by atoms with Gasteiger partial charge in [-0.15, -0.1) is 0 Å². The number of sulfone groups is 2. The SMILES string of the molecule is CCS(=O)(=O)C1CSCCN1C(=O)C(N)CCS(C)(=O)=O. The van der Waals surface area contributed by atoms with Crippen LogP contribution in [0.3, 0.4) is 0 Å². The van der Waals surface area contributed by atoms with E-state index in [9.17, 15) is 21.6 Å². The van der Waals surface area contributed by atoms with Gasteiger partial charge in [0.2, 0.25) is 5.91 Å².